The SMILES string of the molecule is COc1ccc(CCNC(=S)N2CCC[C@@H](c3nc4cc(C)c(C)cc4[nH]3)C2)cc1OC. The Morgan fingerprint density at radius 1 is 1.16 bits per heavy atom. The van der Waals surface area contributed by atoms with E-state index in [0.717, 1.165) is 72.4 Å². The highest BCUT2D eigenvalue weighted by Gasteiger charge is 2.25. The molecule has 0 radical (unpaired) electrons. The van der Waals surface area contributed by atoms with Gasteiger partial charge in [0.25, 0.3) is 0 Å². The number of hydrogen-bond acceptors (Lipinski definition) is 4. The molecule has 32 heavy (non-hydrogen) atoms. The van der Waals surface area contributed by atoms with Crippen molar-refractivity contribution in [3.63, 3.8) is 0 Å². The molecule has 2 N–H and O–H groups in total. The minimum Gasteiger partial charge on any atom is -0.493 e. The molecule has 1 fully saturated rings. The second-order valence-electron chi connectivity index (χ2n) is 8.53. The van der Waals surface area contributed by atoms with Crippen LogP contribution in [0.5, 0.6) is 11.5 Å². The lowest BCUT2D eigenvalue weighted by atomic mass is 9.98. The van der Waals surface area contributed by atoms with E-state index in [0.29, 0.717) is 5.92 Å². The molecule has 2 heterocycles. The lowest BCUT2D eigenvalue weighted by molar-refractivity contribution is 0.300. The number of thiocarbonyl (C=S) groups is 1. The molecule has 7 heteroatoms. The monoisotopic (exact) mass is 452 g/mol. The standard InChI is InChI=1S/C25H32N4O2S/c1-16-12-20-21(13-17(16)2)28-24(27-20)19-6-5-11-29(15-19)25(32)26-10-9-18-7-8-22(30-3)23(14-18)31-4/h7-8,12-14,19H,5-6,9-11,15H2,1-4H3,(H,26,32)(H,27,28)/t19-/m1/s1. The van der Waals surface area contributed by atoms with Crippen molar-refractivity contribution in [3.05, 3.63) is 52.8 Å². The summed E-state index contributed by atoms with van der Waals surface area (Å²) >= 11 is 5.72. The maximum absolute atomic E-state index is 5.72. The Morgan fingerprint density at radius 3 is 2.72 bits per heavy atom. The number of piperidine rings is 1. The average Bonchev–Trinajstić information content (AvgIpc) is 3.22. The van der Waals surface area contributed by atoms with Gasteiger partial charge >= 0.3 is 0 Å². The van der Waals surface area contributed by atoms with Crippen LogP contribution in [0.2, 0.25) is 0 Å². The van der Waals surface area contributed by atoms with Crippen LogP contribution >= 0.6 is 12.2 Å². The molecule has 0 aliphatic carbocycles. The fourth-order valence-electron chi connectivity index (χ4n) is 4.33. The van der Waals surface area contributed by atoms with E-state index >= 15 is 0 Å². The summed E-state index contributed by atoms with van der Waals surface area (Å²) in [5, 5.41) is 4.25. The predicted octanol–water partition coefficient (Wildman–Crippen LogP) is 4.49. The van der Waals surface area contributed by atoms with Gasteiger partial charge in [-0.25, -0.2) is 4.98 Å². The van der Waals surface area contributed by atoms with Gasteiger partial charge in [-0.05, 0) is 86.3 Å². The second-order valence-corrected chi connectivity index (χ2v) is 8.92. The molecule has 3 aromatic rings. The third kappa shape index (κ3) is 4.83. The van der Waals surface area contributed by atoms with Gasteiger partial charge in [0.15, 0.2) is 16.6 Å². The van der Waals surface area contributed by atoms with Crippen molar-refractivity contribution >= 4 is 28.4 Å². The lowest BCUT2D eigenvalue weighted by Crippen LogP contribution is -2.45. The smallest absolute Gasteiger partial charge is 0.168 e. The lowest BCUT2D eigenvalue weighted by Gasteiger charge is -2.33. The Balaban J connectivity index is 1.34. The Bertz CT molecular complexity index is 1070. The number of aryl methyl sites for hydroxylation is 2. The van der Waals surface area contributed by atoms with Gasteiger partial charge < -0.3 is 24.7 Å². The van der Waals surface area contributed by atoms with E-state index in [2.05, 4.69) is 47.2 Å². The van der Waals surface area contributed by atoms with Gasteiger partial charge in [-0.3, -0.25) is 0 Å². The molecule has 1 aromatic heterocycles. The summed E-state index contributed by atoms with van der Waals surface area (Å²) < 4.78 is 10.7. The number of likely N-dealkylation sites (tertiary alicyclic amines) is 1. The number of aromatic amines is 1. The van der Waals surface area contributed by atoms with Crippen LogP contribution < -0.4 is 14.8 Å². The number of hydrogen-bond donors (Lipinski definition) is 2. The molecule has 6 nitrogen and oxygen atoms in total. The van der Waals surface area contributed by atoms with Crippen LogP contribution in [0.3, 0.4) is 0 Å². The molecule has 1 aliphatic rings. The van der Waals surface area contributed by atoms with Gasteiger partial charge in [-0.2, -0.15) is 0 Å². The summed E-state index contributed by atoms with van der Waals surface area (Å²) in [5.74, 6) is 2.93. The van der Waals surface area contributed by atoms with E-state index in [-0.39, 0.29) is 0 Å². The zero-order chi connectivity index (χ0) is 22.7. The number of fused-ring (bicyclic) bond motifs is 1. The molecule has 0 spiro atoms. The summed E-state index contributed by atoms with van der Waals surface area (Å²) in [4.78, 5) is 10.7. The highest BCUT2D eigenvalue weighted by molar-refractivity contribution is 7.80. The molecule has 0 saturated carbocycles. The van der Waals surface area contributed by atoms with Gasteiger partial charge in [0, 0.05) is 25.6 Å². The molecule has 1 atom stereocenters. The number of nitrogens with zero attached hydrogens (tertiary/aromatic N) is 2. The van der Waals surface area contributed by atoms with Crippen LogP contribution in [0.15, 0.2) is 30.3 Å². The van der Waals surface area contributed by atoms with Gasteiger partial charge in [-0.15, -0.1) is 0 Å². The largest absolute Gasteiger partial charge is 0.493 e. The molecule has 1 aliphatic heterocycles. The first-order valence-corrected chi connectivity index (χ1v) is 11.6. The number of imidazole rings is 1. The first-order chi connectivity index (χ1) is 15.5. The number of nitrogens with one attached hydrogen (secondary N) is 2. The van der Waals surface area contributed by atoms with Crippen LogP contribution in [0.4, 0.5) is 0 Å². The van der Waals surface area contributed by atoms with Crippen molar-refractivity contribution in [3.8, 4) is 11.5 Å². The van der Waals surface area contributed by atoms with Crippen LogP contribution in [0, 0.1) is 13.8 Å². The van der Waals surface area contributed by atoms with Crippen molar-refractivity contribution in [2.45, 2.75) is 39.0 Å². The summed E-state index contributed by atoms with van der Waals surface area (Å²) in [6.07, 6.45) is 3.10. The summed E-state index contributed by atoms with van der Waals surface area (Å²) in [5.41, 5.74) is 5.92. The minimum absolute atomic E-state index is 0.363. The van der Waals surface area contributed by atoms with Crippen molar-refractivity contribution in [1.82, 2.24) is 20.2 Å². The topological polar surface area (TPSA) is 62.4 Å². The van der Waals surface area contributed by atoms with E-state index in [1.807, 2.05) is 12.1 Å². The van der Waals surface area contributed by atoms with Crippen molar-refractivity contribution in [2.24, 2.45) is 0 Å². The number of methoxy groups -OCH3 is 2. The number of aromatic nitrogens is 2. The Kier molecular flexibility index (Phi) is 6.84. The zero-order valence-corrected chi connectivity index (χ0v) is 20.1. The summed E-state index contributed by atoms with van der Waals surface area (Å²) in [6, 6.07) is 10.4. The fourth-order valence-corrected chi connectivity index (χ4v) is 4.60. The van der Waals surface area contributed by atoms with Crippen molar-refractivity contribution in [1.29, 1.82) is 0 Å². The fraction of sp³-hybridized carbons (Fsp3) is 0.440. The normalized spacial score (nSPS) is 16.2. The van der Waals surface area contributed by atoms with E-state index in [1.165, 1.54) is 16.7 Å². The molecule has 0 amide bonds. The van der Waals surface area contributed by atoms with E-state index in [4.69, 9.17) is 26.7 Å². The maximum atomic E-state index is 5.72. The molecule has 0 bridgehead atoms. The second kappa shape index (κ2) is 9.77. The Morgan fingerprint density at radius 2 is 1.94 bits per heavy atom. The van der Waals surface area contributed by atoms with Crippen LogP contribution in [0.25, 0.3) is 11.0 Å². The Hall–Kier alpha value is -2.80. The molecule has 1 saturated heterocycles. The first kappa shape index (κ1) is 22.4. The molecule has 2 aromatic carbocycles. The van der Waals surface area contributed by atoms with Crippen LogP contribution in [0.1, 0.15) is 41.3 Å². The maximum Gasteiger partial charge on any atom is 0.168 e. The molecule has 4 rings (SSSR count). The van der Waals surface area contributed by atoms with E-state index in [1.54, 1.807) is 14.2 Å². The van der Waals surface area contributed by atoms with Crippen LogP contribution in [-0.4, -0.2) is 53.8 Å². The number of rotatable bonds is 6. The highest BCUT2D eigenvalue weighted by Crippen LogP contribution is 2.29. The van der Waals surface area contributed by atoms with Gasteiger partial charge in [0.05, 0.1) is 25.3 Å². The third-order valence-electron chi connectivity index (χ3n) is 6.35. The molecule has 170 valence electrons. The van der Waals surface area contributed by atoms with Gasteiger partial charge in [0.1, 0.15) is 5.82 Å². The van der Waals surface area contributed by atoms with Gasteiger partial charge in [0.2, 0.25) is 0 Å². The Labute approximate surface area is 195 Å². The zero-order valence-electron chi connectivity index (χ0n) is 19.3. The van der Waals surface area contributed by atoms with E-state index in [9.17, 15) is 0 Å². The third-order valence-corrected chi connectivity index (χ3v) is 6.75. The summed E-state index contributed by atoms with van der Waals surface area (Å²) in [7, 11) is 3.31. The van der Waals surface area contributed by atoms with Crippen molar-refractivity contribution < 1.29 is 9.47 Å². The molecular weight excluding hydrogens is 420 g/mol. The highest BCUT2D eigenvalue weighted by atomic mass is 32.1. The number of H-pyrrole nitrogens is 1. The molecule has 0 unspecified atom stereocenters. The van der Waals surface area contributed by atoms with Crippen molar-refractivity contribution in [2.75, 3.05) is 33.9 Å². The average molecular weight is 453 g/mol. The quantitative estimate of drug-likeness (QED) is 0.537. The molecular formula is C25H32N4O2S. The first-order valence-electron chi connectivity index (χ1n) is 11.2. The van der Waals surface area contributed by atoms with Crippen LogP contribution in [-0.2, 0) is 6.42 Å². The summed E-state index contributed by atoms with van der Waals surface area (Å²) in [6.45, 7) is 6.93. The predicted molar refractivity (Wildman–Crippen MR) is 133 cm³/mol. The number of ether oxygens (including phenoxy) is 2. The number of benzene rings is 2. The van der Waals surface area contributed by atoms with Gasteiger partial charge in [-0.1, -0.05) is 6.07 Å². The van der Waals surface area contributed by atoms with E-state index < -0.39 is 0 Å². The minimum atomic E-state index is 0.363.